The average molecular weight is 240 g/mol. The number of nitrogens with one attached hydrogen (secondary N) is 1. The lowest BCUT2D eigenvalue weighted by Crippen LogP contribution is -2.61. The zero-order valence-electron chi connectivity index (χ0n) is 10.9. The second-order valence-electron chi connectivity index (χ2n) is 5.75. The van der Waals surface area contributed by atoms with Crippen molar-refractivity contribution in [3.63, 3.8) is 0 Å². The van der Waals surface area contributed by atoms with E-state index < -0.39 is 0 Å². The van der Waals surface area contributed by atoms with Gasteiger partial charge in [0.05, 0.1) is 11.6 Å². The van der Waals surface area contributed by atoms with Crippen molar-refractivity contribution in [1.29, 1.82) is 0 Å². The first-order chi connectivity index (χ1) is 8.06. The van der Waals surface area contributed by atoms with Gasteiger partial charge in [0.15, 0.2) is 0 Å². The monoisotopic (exact) mass is 240 g/mol. The molecule has 0 saturated heterocycles. The van der Waals surface area contributed by atoms with Gasteiger partial charge in [-0.2, -0.15) is 0 Å². The van der Waals surface area contributed by atoms with Crippen LogP contribution in [0.2, 0.25) is 0 Å². The van der Waals surface area contributed by atoms with Crippen LogP contribution in [0.1, 0.15) is 38.5 Å². The van der Waals surface area contributed by atoms with Crippen LogP contribution < -0.4 is 5.32 Å². The Morgan fingerprint density at radius 1 is 1.35 bits per heavy atom. The molecule has 0 spiro atoms. The SMILES string of the molecule is CN(C)C1(C(=O)NCC2CCCC2O)CCC1. The molecule has 98 valence electrons. The predicted octanol–water partition coefficient (Wildman–Crippen LogP) is 0.748. The van der Waals surface area contributed by atoms with Crippen molar-refractivity contribution in [2.75, 3.05) is 20.6 Å². The number of likely N-dealkylation sites (N-methyl/N-ethyl adjacent to an activating group) is 1. The minimum Gasteiger partial charge on any atom is -0.393 e. The van der Waals surface area contributed by atoms with Gasteiger partial charge in [0.1, 0.15) is 0 Å². The van der Waals surface area contributed by atoms with E-state index in [-0.39, 0.29) is 23.5 Å². The molecule has 2 fully saturated rings. The quantitative estimate of drug-likeness (QED) is 0.762. The van der Waals surface area contributed by atoms with E-state index in [0.717, 1.165) is 38.5 Å². The standard InChI is InChI=1S/C13H24N2O2/c1-15(2)13(7-4-8-13)12(17)14-9-10-5-3-6-11(10)16/h10-11,16H,3-9H2,1-2H3,(H,14,17). The smallest absolute Gasteiger partial charge is 0.240 e. The Kier molecular flexibility index (Phi) is 3.73. The zero-order valence-corrected chi connectivity index (χ0v) is 10.9. The summed E-state index contributed by atoms with van der Waals surface area (Å²) < 4.78 is 0. The zero-order chi connectivity index (χ0) is 12.5. The van der Waals surface area contributed by atoms with E-state index in [1.54, 1.807) is 0 Å². The molecule has 4 nitrogen and oxygen atoms in total. The molecule has 2 rings (SSSR count). The second-order valence-corrected chi connectivity index (χ2v) is 5.75. The fraction of sp³-hybridized carbons (Fsp3) is 0.923. The van der Waals surface area contributed by atoms with Crippen molar-refractivity contribution in [2.45, 2.75) is 50.2 Å². The highest BCUT2D eigenvalue weighted by atomic mass is 16.3. The number of aliphatic hydroxyl groups is 1. The molecule has 0 aromatic heterocycles. The van der Waals surface area contributed by atoms with Gasteiger partial charge in [-0.1, -0.05) is 6.42 Å². The van der Waals surface area contributed by atoms with Crippen LogP contribution in [0.15, 0.2) is 0 Å². The molecule has 0 aliphatic heterocycles. The van der Waals surface area contributed by atoms with E-state index in [0.29, 0.717) is 6.54 Å². The summed E-state index contributed by atoms with van der Waals surface area (Å²) in [6.45, 7) is 0.635. The van der Waals surface area contributed by atoms with Gasteiger partial charge in [-0.05, 0) is 46.2 Å². The van der Waals surface area contributed by atoms with Crippen LogP contribution in [0, 0.1) is 5.92 Å². The molecule has 0 radical (unpaired) electrons. The maximum atomic E-state index is 12.2. The molecule has 2 saturated carbocycles. The highest BCUT2D eigenvalue weighted by Gasteiger charge is 2.46. The van der Waals surface area contributed by atoms with Crippen LogP contribution in [0.5, 0.6) is 0 Å². The Labute approximate surface area is 103 Å². The van der Waals surface area contributed by atoms with E-state index >= 15 is 0 Å². The third-order valence-electron chi connectivity index (χ3n) is 4.60. The Hall–Kier alpha value is -0.610. The van der Waals surface area contributed by atoms with E-state index in [4.69, 9.17) is 0 Å². The summed E-state index contributed by atoms with van der Waals surface area (Å²) in [5.74, 6) is 0.408. The molecular formula is C13H24N2O2. The van der Waals surface area contributed by atoms with E-state index in [2.05, 4.69) is 5.32 Å². The summed E-state index contributed by atoms with van der Waals surface area (Å²) in [4.78, 5) is 14.3. The van der Waals surface area contributed by atoms with Gasteiger partial charge in [-0.3, -0.25) is 9.69 Å². The lowest BCUT2D eigenvalue weighted by Gasteiger charge is -2.45. The number of rotatable bonds is 4. The summed E-state index contributed by atoms with van der Waals surface area (Å²) in [5.41, 5.74) is -0.274. The van der Waals surface area contributed by atoms with Crippen molar-refractivity contribution < 1.29 is 9.90 Å². The second kappa shape index (κ2) is 4.94. The van der Waals surface area contributed by atoms with Crippen LogP contribution in [-0.4, -0.2) is 48.2 Å². The fourth-order valence-electron chi connectivity index (χ4n) is 3.03. The Morgan fingerprint density at radius 2 is 2.06 bits per heavy atom. The molecule has 2 atom stereocenters. The number of carbonyl (C=O) groups is 1. The first-order valence-corrected chi connectivity index (χ1v) is 6.70. The minimum absolute atomic E-state index is 0.146. The van der Waals surface area contributed by atoms with Crippen molar-refractivity contribution in [3.8, 4) is 0 Å². The highest BCUT2D eigenvalue weighted by Crippen LogP contribution is 2.36. The van der Waals surface area contributed by atoms with Gasteiger partial charge in [-0.25, -0.2) is 0 Å². The van der Waals surface area contributed by atoms with Gasteiger partial charge < -0.3 is 10.4 Å². The highest BCUT2D eigenvalue weighted by molar-refractivity contribution is 5.87. The number of aliphatic hydroxyl groups excluding tert-OH is 1. The molecule has 1 amide bonds. The Balaban J connectivity index is 1.84. The van der Waals surface area contributed by atoms with Crippen molar-refractivity contribution in [1.82, 2.24) is 10.2 Å². The lowest BCUT2D eigenvalue weighted by molar-refractivity contribution is -0.137. The molecule has 0 aromatic rings. The number of nitrogens with zero attached hydrogens (tertiary/aromatic N) is 1. The first kappa shape index (κ1) is 12.8. The van der Waals surface area contributed by atoms with Crippen LogP contribution in [-0.2, 0) is 4.79 Å². The van der Waals surface area contributed by atoms with E-state index in [9.17, 15) is 9.90 Å². The third-order valence-corrected chi connectivity index (χ3v) is 4.60. The summed E-state index contributed by atoms with van der Waals surface area (Å²) in [7, 11) is 3.95. The average Bonchev–Trinajstić information content (AvgIpc) is 2.58. The molecule has 0 aromatic carbocycles. The molecule has 2 aliphatic carbocycles. The summed E-state index contributed by atoms with van der Waals surface area (Å²) in [6.07, 6.45) is 5.85. The minimum atomic E-state index is -0.274. The van der Waals surface area contributed by atoms with Crippen molar-refractivity contribution in [3.05, 3.63) is 0 Å². The molecule has 4 heteroatoms. The van der Waals surface area contributed by atoms with E-state index in [1.165, 1.54) is 0 Å². The molecule has 17 heavy (non-hydrogen) atoms. The fourth-order valence-corrected chi connectivity index (χ4v) is 3.03. The Bertz CT molecular complexity index is 287. The largest absolute Gasteiger partial charge is 0.393 e. The topological polar surface area (TPSA) is 52.6 Å². The van der Waals surface area contributed by atoms with Gasteiger partial charge in [0.2, 0.25) is 5.91 Å². The molecule has 0 heterocycles. The maximum absolute atomic E-state index is 12.2. The van der Waals surface area contributed by atoms with Gasteiger partial charge in [0.25, 0.3) is 0 Å². The normalized spacial score (nSPS) is 31.3. The summed E-state index contributed by atoms with van der Waals surface area (Å²) >= 11 is 0. The van der Waals surface area contributed by atoms with Crippen molar-refractivity contribution >= 4 is 5.91 Å². The molecule has 2 aliphatic rings. The summed E-state index contributed by atoms with van der Waals surface area (Å²) in [6, 6.07) is 0. The number of carbonyl (C=O) groups excluding carboxylic acids is 1. The van der Waals surface area contributed by atoms with Crippen LogP contribution >= 0.6 is 0 Å². The van der Waals surface area contributed by atoms with Crippen LogP contribution in [0.4, 0.5) is 0 Å². The van der Waals surface area contributed by atoms with Crippen LogP contribution in [0.3, 0.4) is 0 Å². The van der Waals surface area contributed by atoms with E-state index in [1.807, 2.05) is 19.0 Å². The molecule has 0 bridgehead atoms. The molecule has 2 N–H and O–H groups in total. The predicted molar refractivity (Wildman–Crippen MR) is 66.6 cm³/mol. The lowest BCUT2D eigenvalue weighted by atomic mass is 9.75. The number of hydrogen-bond acceptors (Lipinski definition) is 3. The molecule has 2 unspecified atom stereocenters. The van der Waals surface area contributed by atoms with Gasteiger partial charge >= 0.3 is 0 Å². The maximum Gasteiger partial charge on any atom is 0.240 e. The Morgan fingerprint density at radius 3 is 2.47 bits per heavy atom. The van der Waals surface area contributed by atoms with Gasteiger partial charge in [-0.15, -0.1) is 0 Å². The van der Waals surface area contributed by atoms with Crippen molar-refractivity contribution in [2.24, 2.45) is 5.92 Å². The third kappa shape index (κ3) is 2.33. The van der Waals surface area contributed by atoms with Gasteiger partial charge in [0, 0.05) is 12.5 Å². The molecular weight excluding hydrogens is 216 g/mol. The number of hydrogen-bond donors (Lipinski definition) is 2. The van der Waals surface area contributed by atoms with Crippen LogP contribution in [0.25, 0.3) is 0 Å². The first-order valence-electron chi connectivity index (χ1n) is 6.70. The number of amides is 1. The summed E-state index contributed by atoms with van der Waals surface area (Å²) in [5, 5.41) is 12.8.